The van der Waals surface area contributed by atoms with Crippen molar-refractivity contribution in [2.75, 3.05) is 44.5 Å². The second-order valence-corrected chi connectivity index (χ2v) is 10.3. The molecule has 33 heavy (non-hydrogen) atoms. The minimum atomic E-state index is -3.61. The van der Waals surface area contributed by atoms with Crippen LogP contribution in [0.4, 0.5) is 5.69 Å². The number of benzene rings is 2. The van der Waals surface area contributed by atoms with E-state index in [1.54, 1.807) is 43.5 Å². The van der Waals surface area contributed by atoms with E-state index in [9.17, 15) is 13.2 Å². The molecule has 1 fully saturated rings. The highest BCUT2D eigenvalue weighted by Crippen LogP contribution is 2.28. The Morgan fingerprint density at radius 1 is 1.21 bits per heavy atom. The summed E-state index contributed by atoms with van der Waals surface area (Å²) in [5, 5.41) is 3.51. The number of nitrogens with one attached hydrogen (secondary N) is 1. The van der Waals surface area contributed by atoms with Crippen molar-refractivity contribution >= 4 is 44.4 Å². The summed E-state index contributed by atoms with van der Waals surface area (Å²) in [4.78, 5) is 17.3. The number of sulfonamides is 1. The van der Waals surface area contributed by atoms with E-state index in [1.807, 2.05) is 17.6 Å². The lowest BCUT2D eigenvalue weighted by Gasteiger charge is -2.26. The van der Waals surface area contributed by atoms with Gasteiger partial charge < -0.3 is 19.4 Å². The number of hydrogen-bond acceptors (Lipinski definition) is 7. The van der Waals surface area contributed by atoms with Crippen LogP contribution in [0.2, 0.25) is 0 Å². The van der Waals surface area contributed by atoms with Gasteiger partial charge in [0.2, 0.25) is 15.9 Å². The van der Waals surface area contributed by atoms with Crippen LogP contribution in [0.5, 0.6) is 5.75 Å². The molecule has 0 unspecified atom stereocenters. The molecule has 0 spiro atoms. The van der Waals surface area contributed by atoms with Crippen molar-refractivity contribution in [3.05, 3.63) is 42.5 Å². The molecule has 1 aliphatic rings. The van der Waals surface area contributed by atoms with Gasteiger partial charge in [-0.15, -0.1) is 0 Å². The van der Waals surface area contributed by atoms with Gasteiger partial charge in [0.25, 0.3) is 0 Å². The van der Waals surface area contributed by atoms with E-state index < -0.39 is 10.0 Å². The number of methoxy groups -OCH3 is 1. The maximum Gasteiger partial charge on any atom is 0.243 e. The van der Waals surface area contributed by atoms with Crippen molar-refractivity contribution in [3.8, 4) is 5.75 Å². The molecule has 1 N–H and O–H groups in total. The number of carbonyl (C=O) groups excluding carboxylic acids is 1. The third kappa shape index (κ3) is 5.16. The van der Waals surface area contributed by atoms with Crippen LogP contribution in [-0.4, -0.2) is 67.3 Å². The number of aryl methyl sites for hydroxylation is 1. The number of rotatable bonds is 8. The van der Waals surface area contributed by atoms with Crippen LogP contribution >= 0.6 is 11.8 Å². The highest BCUT2D eigenvalue weighted by Gasteiger charge is 2.27. The number of anilines is 1. The number of aromatic nitrogens is 2. The maximum absolute atomic E-state index is 13.0. The first-order valence-electron chi connectivity index (χ1n) is 10.6. The minimum Gasteiger partial charge on any atom is -0.497 e. The topological polar surface area (TPSA) is 103 Å². The van der Waals surface area contributed by atoms with Gasteiger partial charge in [0.15, 0.2) is 5.16 Å². The molecule has 2 heterocycles. The number of carbonyl (C=O) groups is 1. The first-order valence-corrected chi connectivity index (χ1v) is 13.0. The molecule has 1 aromatic heterocycles. The van der Waals surface area contributed by atoms with Crippen molar-refractivity contribution in [1.82, 2.24) is 13.9 Å². The Balaban J connectivity index is 1.51. The molecular formula is C22H26N4O5S2. The average molecular weight is 491 g/mol. The van der Waals surface area contributed by atoms with Crippen LogP contribution < -0.4 is 10.1 Å². The summed E-state index contributed by atoms with van der Waals surface area (Å²) in [6.45, 7) is 4.10. The van der Waals surface area contributed by atoms with E-state index in [0.29, 0.717) is 55.0 Å². The normalized spacial score (nSPS) is 15.0. The van der Waals surface area contributed by atoms with E-state index in [4.69, 9.17) is 9.47 Å². The Hall–Kier alpha value is -2.60. The van der Waals surface area contributed by atoms with Gasteiger partial charge in [0, 0.05) is 31.4 Å². The molecule has 3 aromatic rings. The van der Waals surface area contributed by atoms with Crippen LogP contribution in [0.25, 0.3) is 11.0 Å². The quantitative estimate of drug-likeness (QED) is 0.485. The van der Waals surface area contributed by atoms with Gasteiger partial charge in [-0.1, -0.05) is 17.8 Å². The molecule has 1 saturated heterocycles. The second kappa shape index (κ2) is 10.1. The highest BCUT2D eigenvalue weighted by molar-refractivity contribution is 7.99. The fourth-order valence-corrected chi connectivity index (χ4v) is 5.93. The van der Waals surface area contributed by atoms with Crippen LogP contribution in [-0.2, 0) is 26.1 Å². The predicted molar refractivity (Wildman–Crippen MR) is 127 cm³/mol. The van der Waals surface area contributed by atoms with E-state index in [-0.39, 0.29) is 16.6 Å². The molecule has 2 aromatic carbocycles. The first kappa shape index (κ1) is 23.6. The lowest BCUT2D eigenvalue weighted by atomic mass is 10.3. The lowest BCUT2D eigenvalue weighted by molar-refractivity contribution is -0.113. The van der Waals surface area contributed by atoms with E-state index in [2.05, 4.69) is 10.3 Å². The standard InChI is InChI=1S/C22H26N4O5S2/c1-3-26-20-8-7-18(33(28,29)25-9-11-31-12-10-25)14-19(20)24-22(26)32-15-21(27)23-16-5-4-6-17(13-16)30-2/h4-8,13-14H,3,9-12,15H2,1-2H3,(H,23,27). The maximum atomic E-state index is 13.0. The largest absolute Gasteiger partial charge is 0.497 e. The summed E-state index contributed by atoms with van der Waals surface area (Å²) in [7, 11) is -2.03. The number of amides is 1. The van der Waals surface area contributed by atoms with E-state index >= 15 is 0 Å². The molecule has 0 aliphatic carbocycles. The Kier molecular flexibility index (Phi) is 7.23. The number of fused-ring (bicyclic) bond motifs is 1. The summed E-state index contributed by atoms with van der Waals surface area (Å²) in [6.07, 6.45) is 0. The van der Waals surface area contributed by atoms with Crippen molar-refractivity contribution in [2.24, 2.45) is 0 Å². The molecule has 1 amide bonds. The number of imidazole rings is 1. The molecule has 4 rings (SSSR count). The smallest absolute Gasteiger partial charge is 0.243 e. The fraction of sp³-hybridized carbons (Fsp3) is 0.364. The summed E-state index contributed by atoms with van der Waals surface area (Å²) in [6, 6.07) is 12.2. The van der Waals surface area contributed by atoms with Gasteiger partial charge in [0.05, 0.1) is 42.0 Å². The monoisotopic (exact) mass is 490 g/mol. The van der Waals surface area contributed by atoms with E-state index in [1.165, 1.54) is 16.1 Å². The highest BCUT2D eigenvalue weighted by atomic mass is 32.2. The van der Waals surface area contributed by atoms with Gasteiger partial charge >= 0.3 is 0 Å². The summed E-state index contributed by atoms with van der Waals surface area (Å²) in [5.74, 6) is 0.661. The SMILES string of the molecule is CCn1c(SCC(=O)Nc2cccc(OC)c2)nc2cc(S(=O)(=O)N3CCOCC3)ccc21. The Morgan fingerprint density at radius 3 is 2.73 bits per heavy atom. The molecule has 0 atom stereocenters. The number of morpholine rings is 1. The van der Waals surface area contributed by atoms with Crippen LogP contribution in [0.1, 0.15) is 6.92 Å². The molecule has 0 bridgehead atoms. The average Bonchev–Trinajstić information content (AvgIpc) is 3.20. The number of thioether (sulfide) groups is 1. The first-order chi connectivity index (χ1) is 15.9. The lowest BCUT2D eigenvalue weighted by Crippen LogP contribution is -2.40. The van der Waals surface area contributed by atoms with Gasteiger partial charge in [-0.3, -0.25) is 4.79 Å². The molecule has 9 nitrogen and oxygen atoms in total. The Bertz CT molecular complexity index is 1250. The third-order valence-electron chi connectivity index (χ3n) is 5.29. The molecule has 11 heteroatoms. The molecular weight excluding hydrogens is 464 g/mol. The van der Waals surface area contributed by atoms with Crippen molar-refractivity contribution in [1.29, 1.82) is 0 Å². The number of nitrogens with zero attached hydrogens (tertiary/aromatic N) is 3. The zero-order chi connectivity index (χ0) is 23.4. The van der Waals surface area contributed by atoms with Crippen LogP contribution in [0.15, 0.2) is 52.5 Å². The van der Waals surface area contributed by atoms with Crippen molar-refractivity contribution in [3.63, 3.8) is 0 Å². The van der Waals surface area contributed by atoms with E-state index in [0.717, 1.165) is 5.52 Å². The minimum absolute atomic E-state index is 0.166. The number of hydrogen-bond donors (Lipinski definition) is 1. The van der Waals surface area contributed by atoms with Crippen molar-refractivity contribution in [2.45, 2.75) is 23.5 Å². The molecule has 0 saturated carbocycles. The van der Waals surface area contributed by atoms with Gasteiger partial charge in [0.1, 0.15) is 5.75 Å². The summed E-state index contributed by atoms with van der Waals surface area (Å²) < 4.78 is 39.9. The van der Waals surface area contributed by atoms with Gasteiger partial charge in [-0.05, 0) is 37.3 Å². The predicted octanol–water partition coefficient (Wildman–Crippen LogP) is 2.82. The summed E-state index contributed by atoms with van der Waals surface area (Å²) >= 11 is 1.31. The Labute approximate surface area is 197 Å². The molecule has 176 valence electrons. The third-order valence-corrected chi connectivity index (χ3v) is 8.17. The van der Waals surface area contributed by atoms with Crippen LogP contribution in [0, 0.1) is 0 Å². The molecule has 0 radical (unpaired) electrons. The number of ether oxygens (including phenoxy) is 2. The van der Waals surface area contributed by atoms with Crippen LogP contribution in [0.3, 0.4) is 0 Å². The summed E-state index contributed by atoms with van der Waals surface area (Å²) in [5.41, 5.74) is 2.07. The van der Waals surface area contributed by atoms with Gasteiger partial charge in [-0.25, -0.2) is 13.4 Å². The van der Waals surface area contributed by atoms with Gasteiger partial charge in [-0.2, -0.15) is 4.31 Å². The van der Waals surface area contributed by atoms with Crippen molar-refractivity contribution < 1.29 is 22.7 Å². The fourth-order valence-electron chi connectivity index (χ4n) is 3.63. The Morgan fingerprint density at radius 2 is 2.00 bits per heavy atom. The zero-order valence-corrected chi connectivity index (χ0v) is 20.1. The second-order valence-electron chi connectivity index (χ2n) is 7.37. The zero-order valence-electron chi connectivity index (χ0n) is 18.5. The molecule has 1 aliphatic heterocycles.